The molecule has 1 heterocycles. The minimum absolute atomic E-state index is 0.264. The highest BCUT2D eigenvalue weighted by Crippen LogP contribution is 2.18. The number of rotatable bonds is 5. The molecule has 1 aromatic heterocycles. The average Bonchev–Trinajstić information content (AvgIpc) is 2.49. The monoisotopic (exact) mass is 304 g/mol. The van der Waals surface area contributed by atoms with Gasteiger partial charge in [0.05, 0.1) is 5.56 Å². The molecule has 0 fully saturated rings. The molecule has 0 aliphatic carbocycles. The number of carbonyl (C=O) groups is 1. The van der Waals surface area contributed by atoms with Gasteiger partial charge in [0, 0.05) is 24.3 Å². The fraction of sp³-hybridized carbons (Fsp3) is 0.250. The van der Waals surface area contributed by atoms with E-state index in [1.54, 1.807) is 12.1 Å². The second-order valence-electron chi connectivity index (χ2n) is 4.85. The summed E-state index contributed by atoms with van der Waals surface area (Å²) in [6.07, 6.45) is 0.697. The molecule has 0 saturated heterocycles. The average molecular weight is 305 g/mol. The highest BCUT2D eigenvalue weighted by Gasteiger charge is 2.11. The minimum Gasteiger partial charge on any atom is -0.478 e. The van der Waals surface area contributed by atoms with Crippen LogP contribution in [0.25, 0.3) is 0 Å². The van der Waals surface area contributed by atoms with Gasteiger partial charge in [0.15, 0.2) is 0 Å². The van der Waals surface area contributed by atoms with Crippen molar-refractivity contribution in [3.63, 3.8) is 0 Å². The van der Waals surface area contributed by atoms with Gasteiger partial charge in [-0.3, -0.25) is 0 Å². The number of carboxylic acid groups (broad SMARTS) is 1. The van der Waals surface area contributed by atoms with Crippen molar-refractivity contribution < 1.29 is 9.90 Å². The van der Waals surface area contributed by atoms with Crippen molar-refractivity contribution in [2.75, 3.05) is 11.9 Å². The highest BCUT2D eigenvalue weighted by molar-refractivity contribution is 6.30. The summed E-state index contributed by atoms with van der Waals surface area (Å²) in [6.45, 7) is 2.59. The van der Waals surface area contributed by atoms with E-state index < -0.39 is 5.97 Å². The summed E-state index contributed by atoms with van der Waals surface area (Å²) < 4.78 is 0. The number of hydrogen-bond acceptors (Lipinski definition) is 3. The van der Waals surface area contributed by atoms with E-state index in [9.17, 15) is 9.90 Å². The Morgan fingerprint density at radius 3 is 2.52 bits per heavy atom. The van der Waals surface area contributed by atoms with Crippen molar-refractivity contribution in [2.24, 2.45) is 0 Å². The van der Waals surface area contributed by atoms with E-state index in [0.29, 0.717) is 23.8 Å². The van der Waals surface area contributed by atoms with E-state index in [-0.39, 0.29) is 5.56 Å². The Kier molecular flexibility index (Phi) is 4.81. The first-order chi connectivity index (χ1) is 9.99. The Bertz CT molecular complexity index is 641. The third-order valence-electron chi connectivity index (χ3n) is 3.20. The van der Waals surface area contributed by atoms with Gasteiger partial charge in [-0.15, -0.1) is 0 Å². The molecule has 2 rings (SSSR count). The van der Waals surface area contributed by atoms with E-state index in [1.165, 1.54) is 0 Å². The van der Waals surface area contributed by atoms with Gasteiger partial charge in [-0.1, -0.05) is 30.7 Å². The largest absolute Gasteiger partial charge is 0.478 e. The molecule has 1 aromatic carbocycles. The molecule has 0 unspecified atom stereocenters. The van der Waals surface area contributed by atoms with Gasteiger partial charge in [0.25, 0.3) is 0 Å². The van der Waals surface area contributed by atoms with Crippen LogP contribution < -0.4 is 4.90 Å². The summed E-state index contributed by atoms with van der Waals surface area (Å²) in [6, 6.07) is 10.8. The standard InChI is InChI=1S/C16H17ClN2O2/c1-3-14-8-12(16(20)21)9-15(18-14)19(2)10-11-4-6-13(17)7-5-11/h4-9H,3,10H2,1-2H3,(H,20,21). The summed E-state index contributed by atoms with van der Waals surface area (Å²) in [5.74, 6) is -0.282. The van der Waals surface area contributed by atoms with E-state index in [0.717, 1.165) is 11.3 Å². The van der Waals surface area contributed by atoms with Gasteiger partial charge in [-0.05, 0) is 36.2 Å². The smallest absolute Gasteiger partial charge is 0.335 e. The molecular weight excluding hydrogens is 288 g/mol. The Balaban J connectivity index is 2.25. The maximum atomic E-state index is 11.2. The lowest BCUT2D eigenvalue weighted by molar-refractivity contribution is 0.0696. The maximum absolute atomic E-state index is 11.2. The Hall–Kier alpha value is -2.07. The van der Waals surface area contributed by atoms with Crippen LogP contribution >= 0.6 is 11.6 Å². The van der Waals surface area contributed by atoms with Crippen molar-refractivity contribution in [2.45, 2.75) is 19.9 Å². The van der Waals surface area contributed by atoms with Crippen LogP contribution in [0.15, 0.2) is 36.4 Å². The zero-order chi connectivity index (χ0) is 15.4. The van der Waals surface area contributed by atoms with Crippen LogP contribution in [-0.4, -0.2) is 23.1 Å². The summed E-state index contributed by atoms with van der Waals surface area (Å²) in [7, 11) is 1.89. The fourth-order valence-corrected chi connectivity index (χ4v) is 2.14. The van der Waals surface area contributed by atoms with Gasteiger partial charge in [-0.25, -0.2) is 9.78 Å². The number of pyridine rings is 1. The lowest BCUT2D eigenvalue weighted by atomic mass is 10.1. The molecule has 0 saturated carbocycles. The fourth-order valence-electron chi connectivity index (χ4n) is 2.02. The predicted octanol–water partition coefficient (Wildman–Crippen LogP) is 3.63. The quantitative estimate of drug-likeness (QED) is 0.916. The molecule has 110 valence electrons. The van der Waals surface area contributed by atoms with Crippen molar-refractivity contribution >= 4 is 23.4 Å². The maximum Gasteiger partial charge on any atom is 0.335 e. The predicted molar refractivity (Wildman–Crippen MR) is 84.1 cm³/mol. The zero-order valence-electron chi connectivity index (χ0n) is 12.0. The molecule has 1 N–H and O–H groups in total. The number of aromatic nitrogens is 1. The minimum atomic E-state index is -0.937. The number of anilines is 1. The van der Waals surface area contributed by atoms with Crippen LogP contribution in [0, 0.1) is 0 Å². The lowest BCUT2D eigenvalue weighted by Crippen LogP contribution is -2.19. The summed E-state index contributed by atoms with van der Waals surface area (Å²) >= 11 is 5.87. The molecule has 0 amide bonds. The van der Waals surface area contributed by atoms with Gasteiger partial charge in [0.1, 0.15) is 5.82 Å². The molecule has 21 heavy (non-hydrogen) atoms. The number of benzene rings is 1. The van der Waals surface area contributed by atoms with Crippen LogP contribution in [0.3, 0.4) is 0 Å². The van der Waals surface area contributed by atoms with E-state index in [1.807, 2.05) is 43.1 Å². The second-order valence-corrected chi connectivity index (χ2v) is 5.28. The normalized spacial score (nSPS) is 10.4. The summed E-state index contributed by atoms with van der Waals surface area (Å²) in [5, 5.41) is 9.87. The summed E-state index contributed by atoms with van der Waals surface area (Å²) in [5.41, 5.74) is 2.12. The number of halogens is 1. The molecule has 0 aliphatic rings. The van der Waals surface area contributed by atoms with E-state index in [4.69, 9.17) is 11.6 Å². The molecule has 5 heteroatoms. The van der Waals surface area contributed by atoms with Gasteiger partial charge >= 0.3 is 5.97 Å². The first-order valence-corrected chi connectivity index (χ1v) is 7.07. The molecule has 0 radical (unpaired) electrons. The van der Waals surface area contributed by atoms with Crippen LogP contribution in [0.2, 0.25) is 5.02 Å². The third-order valence-corrected chi connectivity index (χ3v) is 3.45. The Labute approximate surface area is 129 Å². The second kappa shape index (κ2) is 6.59. The SMILES string of the molecule is CCc1cc(C(=O)O)cc(N(C)Cc2ccc(Cl)cc2)n1. The van der Waals surface area contributed by atoms with E-state index >= 15 is 0 Å². The van der Waals surface area contributed by atoms with Crippen LogP contribution in [-0.2, 0) is 13.0 Å². The van der Waals surface area contributed by atoms with Gasteiger partial charge in [-0.2, -0.15) is 0 Å². The molecule has 0 aliphatic heterocycles. The highest BCUT2D eigenvalue weighted by atomic mass is 35.5. The van der Waals surface area contributed by atoms with Crippen molar-refractivity contribution in [3.8, 4) is 0 Å². The molecule has 0 spiro atoms. The van der Waals surface area contributed by atoms with Crippen LogP contribution in [0.4, 0.5) is 5.82 Å². The zero-order valence-corrected chi connectivity index (χ0v) is 12.8. The summed E-state index contributed by atoms with van der Waals surface area (Å²) in [4.78, 5) is 17.6. The molecular formula is C16H17ClN2O2. The first-order valence-electron chi connectivity index (χ1n) is 6.69. The number of nitrogens with zero attached hydrogens (tertiary/aromatic N) is 2. The molecule has 4 nitrogen and oxygen atoms in total. The van der Waals surface area contributed by atoms with E-state index in [2.05, 4.69) is 4.98 Å². The number of hydrogen-bond donors (Lipinski definition) is 1. The number of aryl methyl sites for hydroxylation is 1. The lowest BCUT2D eigenvalue weighted by Gasteiger charge is -2.19. The van der Waals surface area contributed by atoms with Crippen molar-refractivity contribution in [1.82, 2.24) is 4.98 Å². The molecule has 0 bridgehead atoms. The third kappa shape index (κ3) is 3.95. The molecule has 0 atom stereocenters. The van der Waals surface area contributed by atoms with Gasteiger partial charge in [0.2, 0.25) is 0 Å². The molecule has 2 aromatic rings. The first kappa shape index (κ1) is 15.3. The van der Waals surface area contributed by atoms with Crippen LogP contribution in [0.5, 0.6) is 0 Å². The topological polar surface area (TPSA) is 53.4 Å². The number of aromatic carboxylic acids is 1. The van der Waals surface area contributed by atoms with Crippen LogP contribution in [0.1, 0.15) is 28.5 Å². The van der Waals surface area contributed by atoms with Crippen molar-refractivity contribution in [3.05, 3.63) is 58.2 Å². The van der Waals surface area contributed by atoms with Gasteiger partial charge < -0.3 is 10.0 Å². The Morgan fingerprint density at radius 1 is 1.29 bits per heavy atom. The Morgan fingerprint density at radius 2 is 1.95 bits per heavy atom. The number of carboxylic acids is 1. The van der Waals surface area contributed by atoms with Crippen molar-refractivity contribution in [1.29, 1.82) is 0 Å².